The minimum Gasteiger partial charge on any atom is -0.508 e. The second kappa shape index (κ2) is 4.44. The Morgan fingerprint density at radius 3 is 2.57 bits per heavy atom. The Balaban J connectivity index is 2.96. The lowest BCUT2D eigenvalue weighted by Crippen LogP contribution is -2.12. The summed E-state index contributed by atoms with van der Waals surface area (Å²) in [5.74, 6) is 0.336. The maximum atomic E-state index is 9.60. The number of aromatic hydroxyl groups is 1. The van der Waals surface area contributed by atoms with Gasteiger partial charge in [0.2, 0.25) is 0 Å². The number of hydrogen-bond acceptors (Lipinski definition) is 3. The van der Waals surface area contributed by atoms with Crippen LogP contribution in [0.4, 0.5) is 0 Å². The Morgan fingerprint density at radius 2 is 2.07 bits per heavy atom. The number of rotatable bonds is 3. The zero-order valence-electron chi connectivity index (χ0n) is 8.99. The quantitative estimate of drug-likeness (QED) is 0.766. The van der Waals surface area contributed by atoms with E-state index >= 15 is 0 Å². The van der Waals surface area contributed by atoms with Gasteiger partial charge in [-0.15, -0.1) is 0 Å². The van der Waals surface area contributed by atoms with E-state index in [2.05, 4.69) is 0 Å². The van der Waals surface area contributed by atoms with Crippen LogP contribution in [0.1, 0.15) is 24.1 Å². The summed E-state index contributed by atoms with van der Waals surface area (Å²) >= 11 is 0. The molecule has 1 aromatic rings. The van der Waals surface area contributed by atoms with Crippen LogP contribution in [0.15, 0.2) is 18.2 Å². The number of benzene rings is 1. The highest BCUT2D eigenvalue weighted by atomic mass is 16.3. The Kier molecular flexibility index (Phi) is 3.49. The lowest BCUT2D eigenvalue weighted by atomic mass is 10.0. The molecule has 0 fully saturated rings. The van der Waals surface area contributed by atoms with Gasteiger partial charge in [0.15, 0.2) is 0 Å². The third-order valence-electron chi connectivity index (χ3n) is 2.12. The first-order valence-corrected chi connectivity index (χ1v) is 4.73. The number of nitrogens with zero attached hydrogens (tertiary/aromatic N) is 1. The smallest absolute Gasteiger partial charge is 0.120 e. The predicted molar refractivity (Wildman–Crippen MR) is 58.1 cm³/mol. The van der Waals surface area contributed by atoms with Gasteiger partial charge in [-0.1, -0.05) is 6.07 Å². The molecule has 0 spiro atoms. The average molecular weight is 194 g/mol. The van der Waals surface area contributed by atoms with Crippen LogP contribution in [0.25, 0.3) is 0 Å². The highest BCUT2D eigenvalue weighted by Crippen LogP contribution is 2.22. The van der Waals surface area contributed by atoms with Gasteiger partial charge < -0.3 is 15.7 Å². The van der Waals surface area contributed by atoms with Crippen molar-refractivity contribution in [3.8, 4) is 5.75 Å². The summed E-state index contributed by atoms with van der Waals surface area (Å²) in [6.07, 6.45) is 0. The van der Waals surface area contributed by atoms with Crippen LogP contribution in [-0.2, 0) is 6.54 Å². The van der Waals surface area contributed by atoms with Crippen LogP contribution >= 0.6 is 0 Å². The number of hydrogen-bond donors (Lipinski definition) is 2. The zero-order chi connectivity index (χ0) is 10.7. The van der Waals surface area contributed by atoms with E-state index in [0.717, 1.165) is 17.7 Å². The fraction of sp³-hybridized carbons (Fsp3) is 0.455. The third-order valence-corrected chi connectivity index (χ3v) is 2.12. The Labute approximate surface area is 85.2 Å². The molecule has 1 aromatic carbocycles. The van der Waals surface area contributed by atoms with Crippen molar-refractivity contribution >= 4 is 0 Å². The molecule has 0 saturated heterocycles. The van der Waals surface area contributed by atoms with Crippen molar-refractivity contribution in [1.29, 1.82) is 0 Å². The number of phenolic OH excluding ortho intramolecular Hbond substituents is 1. The minimum absolute atomic E-state index is 0.0107. The minimum atomic E-state index is 0.0107. The summed E-state index contributed by atoms with van der Waals surface area (Å²) in [5.41, 5.74) is 7.74. The Bertz CT molecular complexity index is 308. The molecule has 0 unspecified atom stereocenters. The van der Waals surface area contributed by atoms with E-state index in [1.165, 1.54) is 0 Å². The van der Waals surface area contributed by atoms with Crippen molar-refractivity contribution in [3.05, 3.63) is 29.3 Å². The second-order valence-corrected chi connectivity index (χ2v) is 3.91. The normalized spacial score (nSPS) is 13.2. The molecule has 1 rings (SSSR count). The van der Waals surface area contributed by atoms with Crippen LogP contribution in [0.3, 0.4) is 0 Å². The molecule has 3 nitrogen and oxygen atoms in total. The molecule has 0 aliphatic heterocycles. The zero-order valence-corrected chi connectivity index (χ0v) is 8.99. The van der Waals surface area contributed by atoms with Crippen molar-refractivity contribution in [2.75, 3.05) is 14.1 Å². The fourth-order valence-electron chi connectivity index (χ4n) is 1.36. The van der Waals surface area contributed by atoms with Gasteiger partial charge in [-0.05, 0) is 38.7 Å². The SMILES string of the molecule is C[C@@H](N)c1ccc(O)c(CN(C)C)c1. The van der Waals surface area contributed by atoms with Crippen molar-refractivity contribution < 1.29 is 5.11 Å². The van der Waals surface area contributed by atoms with Crippen LogP contribution < -0.4 is 5.73 Å². The molecule has 3 heteroatoms. The van der Waals surface area contributed by atoms with Crippen molar-refractivity contribution in [1.82, 2.24) is 4.90 Å². The molecule has 0 amide bonds. The molecule has 3 N–H and O–H groups in total. The summed E-state index contributed by atoms with van der Waals surface area (Å²) in [6, 6.07) is 5.54. The van der Waals surface area contributed by atoms with E-state index in [1.807, 2.05) is 38.1 Å². The maximum absolute atomic E-state index is 9.60. The Hall–Kier alpha value is -1.06. The molecule has 0 aromatic heterocycles. The molecule has 0 bridgehead atoms. The summed E-state index contributed by atoms with van der Waals surface area (Å²) < 4.78 is 0. The van der Waals surface area contributed by atoms with Gasteiger partial charge in [0.05, 0.1) is 0 Å². The van der Waals surface area contributed by atoms with Crippen LogP contribution in [0.5, 0.6) is 5.75 Å². The van der Waals surface area contributed by atoms with E-state index in [0.29, 0.717) is 5.75 Å². The van der Waals surface area contributed by atoms with Gasteiger partial charge in [-0.3, -0.25) is 0 Å². The van der Waals surface area contributed by atoms with Gasteiger partial charge in [-0.25, -0.2) is 0 Å². The molecule has 14 heavy (non-hydrogen) atoms. The summed E-state index contributed by atoms with van der Waals surface area (Å²) in [5, 5.41) is 9.60. The van der Waals surface area contributed by atoms with Gasteiger partial charge in [0.25, 0.3) is 0 Å². The van der Waals surface area contributed by atoms with Gasteiger partial charge >= 0.3 is 0 Å². The van der Waals surface area contributed by atoms with Gasteiger partial charge in [0, 0.05) is 18.2 Å². The lowest BCUT2D eigenvalue weighted by Gasteiger charge is -2.13. The van der Waals surface area contributed by atoms with E-state index in [1.54, 1.807) is 6.07 Å². The van der Waals surface area contributed by atoms with Gasteiger partial charge in [0.1, 0.15) is 5.75 Å². The van der Waals surface area contributed by atoms with Crippen LogP contribution in [-0.4, -0.2) is 24.1 Å². The Morgan fingerprint density at radius 1 is 1.43 bits per heavy atom. The molecule has 0 aliphatic rings. The summed E-state index contributed by atoms with van der Waals surface area (Å²) in [6.45, 7) is 2.66. The standard InChI is InChI=1S/C11H18N2O/c1-8(12)9-4-5-11(14)10(6-9)7-13(2)3/h4-6,8,14H,7,12H2,1-3H3/t8-/m1/s1. The molecular formula is C11H18N2O. The van der Waals surface area contributed by atoms with Gasteiger partial charge in [-0.2, -0.15) is 0 Å². The predicted octanol–water partition coefficient (Wildman–Crippen LogP) is 1.47. The fourth-order valence-corrected chi connectivity index (χ4v) is 1.36. The first-order chi connectivity index (χ1) is 6.50. The van der Waals surface area contributed by atoms with Crippen molar-refractivity contribution in [2.45, 2.75) is 19.5 Å². The number of phenols is 1. The summed E-state index contributed by atoms with van der Waals surface area (Å²) in [4.78, 5) is 2.01. The monoisotopic (exact) mass is 194 g/mol. The van der Waals surface area contributed by atoms with Crippen LogP contribution in [0.2, 0.25) is 0 Å². The van der Waals surface area contributed by atoms with E-state index in [-0.39, 0.29) is 6.04 Å². The van der Waals surface area contributed by atoms with E-state index < -0.39 is 0 Å². The molecule has 0 saturated carbocycles. The first kappa shape index (κ1) is 11.0. The second-order valence-electron chi connectivity index (χ2n) is 3.91. The van der Waals surface area contributed by atoms with E-state index in [4.69, 9.17) is 5.73 Å². The van der Waals surface area contributed by atoms with E-state index in [9.17, 15) is 5.11 Å². The summed E-state index contributed by atoms with van der Waals surface area (Å²) in [7, 11) is 3.94. The molecule has 0 heterocycles. The molecule has 1 atom stereocenters. The highest BCUT2D eigenvalue weighted by molar-refractivity contribution is 5.37. The van der Waals surface area contributed by atoms with Crippen molar-refractivity contribution in [3.63, 3.8) is 0 Å². The maximum Gasteiger partial charge on any atom is 0.120 e. The molecule has 0 aliphatic carbocycles. The molecular weight excluding hydrogens is 176 g/mol. The highest BCUT2D eigenvalue weighted by Gasteiger charge is 2.06. The largest absolute Gasteiger partial charge is 0.508 e. The molecule has 0 radical (unpaired) electrons. The molecule has 78 valence electrons. The third kappa shape index (κ3) is 2.72. The average Bonchev–Trinajstić information content (AvgIpc) is 2.07. The number of nitrogens with two attached hydrogens (primary N) is 1. The van der Waals surface area contributed by atoms with Crippen molar-refractivity contribution in [2.24, 2.45) is 5.73 Å². The lowest BCUT2D eigenvalue weighted by molar-refractivity contribution is 0.385. The van der Waals surface area contributed by atoms with Crippen LogP contribution in [0, 0.1) is 0 Å². The topological polar surface area (TPSA) is 49.5 Å². The first-order valence-electron chi connectivity index (χ1n) is 4.73.